The Morgan fingerprint density at radius 2 is 2.00 bits per heavy atom. The van der Waals surface area contributed by atoms with Crippen LogP contribution in [0, 0.1) is 0 Å². The van der Waals surface area contributed by atoms with Crippen LogP contribution in [0.3, 0.4) is 0 Å². The van der Waals surface area contributed by atoms with Crippen molar-refractivity contribution in [3.8, 4) is 0 Å². The van der Waals surface area contributed by atoms with E-state index in [1.54, 1.807) is 11.1 Å². The van der Waals surface area contributed by atoms with Gasteiger partial charge >= 0.3 is 0 Å². The Morgan fingerprint density at radius 1 is 1.22 bits per heavy atom. The Hall–Kier alpha value is -2.76. The molecule has 1 fully saturated rings. The van der Waals surface area contributed by atoms with E-state index in [0.717, 1.165) is 25.7 Å². The number of hydrogen-bond acceptors (Lipinski definition) is 4. The third-order valence-corrected chi connectivity index (χ3v) is 4.73. The molecule has 6 heteroatoms. The molecule has 2 aromatic rings. The SMILES string of the molecule is C[C@H](CCc1ccccc1)NC(=O)CCN(C(=O)c1cnccn1)C1CC1. The van der Waals surface area contributed by atoms with E-state index in [9.17, 15) is 9.59 Å². The molecule has 1 aromatic carbocycles. The van der Waals surface area contributed by atoms with Crippen LogP contribution in [-0.2, 0) is 11.2 Å². The minimum Gasteiger partial charge on any atom is -0.354 e. The molecule has 1 N–H and O–H groups in total. The van der Waals surface area contributed by atoms with Gasteiger partial charge in [0.05, 0.1) is 6.20 Å². The van der Waals surface area contributed by atoms with Crippen molar-refractivity contribution in [2.45, 2.75) is 51.1 Å². The van der Waals surface area contributed by atoms with Crippen LogP contribution >= 0.6 is 0 Å². The summed E-state index contributed by atoms with van der Waals surface area (Å²) in [4.78, 5) is 34.7. The fourth-order valence-corrected chi connectivity index (χ4v) is 3.06. The predicted molar refractivity (Wildman–Crippen MR) is 103 cm³/mol. The lowest BCUT2D eigenvalue weighted by molar-refractivity contribution is -0.121. The predicted octanol–water partition coefficient (Wildman–Crippen LogP) is 2.61. The van der Waals surface area contributed by atoms with Gasteiger partial charge in [-0.2, -0.15) is 0 Å². The van der Waals surface area contributed by atoms with Gasteiger partial charge in [0.1, 0.15) is 5.69 Å². The minimum absolute atomic E-state index is 0.0202. The number of rotatable bonds is 9. The summed E-state index contributed by atoms with van der Waals surface area (Å²) >= 11 is 0. The largest absolute Gasteiger partial charge is 0.354 e. The highest BCUT2D eigenvalue weighted by atomic mass is 16.2. The smallest absolute Gasteiger partial charge is 0.274 e. The maximum absolute atomic E-state index is 12.6. The molecule has 0 aliphatic heterocycles. The van der Waals surface area contributed by atoms with E-state index in [4.69, 9.17) is 0 Å². The van der Waals surface area contributed by atoms with Crippen molar-refractivity contribution in [1.29, 1.82) is 0 Å². The molecule has 0 spiro atoms. The highest BCUT2D eigenvalue weighted by Crippen LogP contribution is 2.28. The summed E-state index contributed by atoms with van der Waals surface area (Å²) in [6.45, 7) is 2.43. The van der Waals surface area contributed by atoms with Gasteiger partial charge in [0, 0.05) is 37.4 Å². The Balaban J connectivity index is 1.44. The molecular weight excluding hydrogens is 340 g/mol. The van der Waals surface area contributed by atoms with Crippen molar-refractivity contribution in [1.82, 2.24) is 20.2 Å². The van der Waals surface area contributed by atoms with Crippen LogP contribution in [0.4, 0.5) is 0 Å². The van der Waals surface area contributed by atoms with Crippen molar-refractivity contribution in [2.75, 3.05) is 6.54 Å². The zero-order valence-corrected chi connectivity index (χ0v) is 15.7. The summed E-state index contributed by atoms with van der Waals surface area (Å²) in [5, 5.41) is 3.04. The summed E-state index contributed by atoms with van der Waals surface area (Å²) < 4.78 is 0. The Morgan fingerprint density at radius 3 is 2.67 bits per heavy atom. The van der Waals surface area contributed by atoms with Crippen LogP contribution in [0.15, 0.2) is 48.9 Å². The highest BCUT2D eigenvalue weighted by Gasteiger charge is 2.33. The first kappa shape index (κ1) is 19.0. The topological polar surface area (TPSA) is 75.2 Å². The fourth-order valence-electron chi connectivity index (χ4n) is 3.06. The molecule has 1 aliphatic rings. The van der Waals surface area contributed by atoms with Gasteiger partial charge in [-0.05, 0) is 38.2 Å². The second-order valence-corrected chi connectivity index (χ2v) is 7.06. The van der Waals surface area contributed by atoms with Gasteiger partial charge in [0.2, 0.25) is 5.91 Å². The molecule has 2 amide bonds. The van der Waals surface area contributed by atoms with Crippen LogP contribution in [0.2, 0.25) is 0 Å². The standard InChI is InChI=1S/C21H26N4O2/c1-16(7-8-17-5-3-2-4-6-17)24-20(26)11-14-25(18-9-10-18)21(27)19-15-22-12-13-23-19/h2-6,12-13,15-16,18H,7-11,14H2,1H3,(H,24,26)/t16-/m1/s1. The van der Waals surface area contributed by atoms with Crippen LogP contribution < -0.4 is 5.32 Å². The first-order chi connectivity index (χ1) is 13.1. The van der Waals surface area contributed by atoms with Crippen LogP contribution in [0.25, 0.3) is 0 Å². The van der Waals surface area contributed by atoms with Crippen LogP contribution in [0.1, 0.15) is 48.7 Å². The van der Waals surface area contributed by atoms with E-state index >= 15 is 0 Å². The molecule has 1 aliphatic carbocycles. The molecular formula is C21H26N4O2. The maximum atomic E-state index is 12.6. The van der Waals surface area contributed by atoms with Gasteiger partial charge in [0.15, 0.2) is 0 Å². The first-order valence-corrected chi connectivity index (χ1v) is 9.54. The Bertz CT molecular complexity index is 747. The molecule has 0 saturated heterocycles. The quantitative estimate of drug-likeness (QED) is 0.740. The van der Waals surface area contributed by atoms with Gasteiger partial charge in [-0.3, -0.25) is 14.6 Å². The number of aromatic nitrogens is 2. The highest BCUT2D eigenvalue weighted by molar-refractivity contribution is 5.92. The number of carbonyl (C=O) groups excluding carboxylic acids is 2. The van der Waals surface area contributed by atoms with E-state index in [1.807, 2.05) is 25.1 Å². The lowest BCUT2D eigenvalue weighted by Crippen LogP contribution is -2.39. The zero-order valence-electron chi connectivity index (χ0n) is 15.7. The summed E-state index contributed by atoms with van der Waals surface area (Å²) in [6.07, 6.45) is 8.63. The van der Waals surface area contributed by atoms with E-state index in [0.29, 0.717) is 18.7 Å². The minimum atomic E-state index is -0.143. The second-order valence-electron chi connectivity index (χ2n) is 7.06. The van der Waals surface area contributed by atoms with E-state index in [1.165, 1.54) is 18.0 Å². The lowest BCUT2D eigenvalue weighted by Gasteiger charge is -2.22. The molecule has 0 radical (unpaired) electrons. The number of nitrogens with zero attached hydrogens (tertiary/aromatic N) is 3. The fraction of sp³-hybridized carbons (Fsp3) is 0.429. The number of amides is 2. The molecule has 0 unspecified atom stereocenters. The molecule has 6 nitrogen and oxygen atoms in total. The summed E-state index contributed by atoms with van der Waals surface area (Å²) in [6, 6.07) is 10.6. The second kappa shape index (κ2) is 9.26. The third kappa shape index (κ3) is 5.88. The molecule has 1 saturated carbocycles. The number of aryl methyl sites for hydroxylation is 1. The third-order valence-electron chi connectivity index (χ3n) is 4.73. The maximum Gasteiger partial charge on any atom is 0.274 e. The summed E-state index contributed by atoms with van der Waals surface area (Å²) in [7, 11) is 0. The number of benzene rings is 1. The zero-order chi connectivity index (χ0) is 19.1. The summed E-state index contributed by atoms with van der Waals surface area (Å²) in [5.74, 6) is -0.163. The van der Waals surface area contributed by atoms with E-state index in [-0.39, 0.29) is 23.9 Å². The average Bonchev–Trinajstić information content (AvgIpc) is 3.53. The van der Waals surface area contributed by atoms with Crippen molar-refractivity contribution >= 4 is 11.8 Å². The number of nitrogens with one attached hydrogen (secondary N) is 1. The Kier molecular flexibility index (Phi) is 6.52. The molecule has 142 valence electrons. The lowest BCUT2D eigenvalue weighted by atomic mass is 10.1. The van der Waals surface area contributed by atoms with Crippen LogP contribution in [0.5, 0.6) is 0 Å². The Labute approximate surface area is 160 Å². The van der Waals surface area contributed by atoms with Gasteiger partial charge in [0.25, 0.3) is 5.91 Å². The van der Waals surface area contributed by atoms with E-state index in [2.05, 4.69) is 27.4 Å². The number of carbonyl (C=O) groups is 2. The van der Waals surface area contributed by atoms with Crippen molar-refractivity contribution in [3.05, 3.63) is 60.2 Å². The molecule has 27 heavy (non-hydrogen) atoms. The molecule has 1 aromatic heterocycles. The van der Waals surface area contributed by atoms with Crippen molar-refractivity contribution in [2.24, 2.45) is 0 Å². The summed E-state index contributed by atoms with van der Waals surface area (Å²) in [5.41, 5.74) is 1.61. The van der Waals surface area contributed by atoms with Crippen molar-refractivity contribution in [3.63, 3.8) is 0 Å². The monoisotopic (exact) mass is 366 g/mol. The normalized spacial score (nSPS) is 14.4. The first-order valence-electron chi connectivity index (χ1n) is 9.54. The van der Waals surface area contributed by atoms with E-state index < -0.39 is 0 Å². The number of hydrogen-bond donors (Lipinski definition) is 1. The molecule has 3 rings (SSSR count). The van der Waals surface area contributed by atoms with Crippen LogP contribution in [-0.4, -0.2) is 45.3 Å². The molecule has 1 heterocycles. The average molecular weight is 366 g/mol. The van der Waals surface area contributed by atoms with Crippen molar-refractivity contribution < 1.29 is 9.59 Å². The van der Waals surface area contributed by atoms with Gasteiger partial charge in [-0.25, -0.2) is 4.98 Å². The molecule has 0 bridgehead atoms. The van der Waals surface area contributed by atoms with Gasteiger partial charge in [-0.1, -0.05) is 30.3 Å². The molecule has 1 atom stereocenters. The van der Waals surface area contributed by atoms with Gasteiger partial charge in [-0.15, -0.1) is 0 Å². The van der Waals surface area contributed by atoms with Gasteiger partial charge < -0.3 is 10.2 Å².